The number of hydrogen-bond donors (Lipinski definition) is 2. The second-order valence-electron chi connectivity index (χ2n) is 7.81. The summed E-state index contributed by atoms with van der Waals surface area (Å²) >= 11 is 3.48. The first-order chi connectivity index (χ1) is 14.9. The molecule has 31 heavy (non-hydrogen) atoms. The monoisotopic (exact) mass is 485 g/mol. The first-order valence-electron chi connectivity index (χ1n) is 10.1. The van der Waals surface area contributed by atoms with E-state index in [0.717, 1.165) is 17.4 Å². The number of ketones is 1. The van der Waals surface area contributed by atoms with Gasteiger partial charge in [-0.2, -0.15) is 0 Å². The third-order valence-corrected chi connectivity index (χ3v) is 6.08. The lowest BCUT2D eigenvalue weighted by molar-refractivity contribution is 0.0793. The number of hydrogen-bond acceptors (Lipinski definition) is 5. The molecule has 0 saturated heterocycles. The molecule has 161 valence electrons. The van der Waals surface area contributed by atoms with E-state index in [0.29, 0.717) is 12.0 Å². The summed E-state index contributed by atoms with van der Waals surface area (Å²) in [6.07, 6.45) is 4.97. The molecule has 4 atom stereocenters. The molecule has 0 spiro atoms. The number of anilines is 1. The van der Waals surface area contributed by atoms with E-state index in [1.807, 2.05) is 22.9 Å². The fourth-order valence-corrected chi connectivity index (χ4v) is 4.29. The zero-order valence-corrected chi connectivity index (χ0v) is 18.4. The van der Waals surface area contributed by atoms with Gasteiger partial charge in [0.1, 0.15) is 18.3 Å². The van der Waals surface area contributed by atoms with E-state index in [4.69, 9.17) is 0 Å². The van der Waals surface area contributed by atoms with Crippen LogP contribution in [0.5, 0.6) is 0 Å². The van der Waals surface area contributed by atoms with Crippen molar-refractivity contribution in [2.45, 2.75) is 37.7 Å². The van der Waals surface area contributed by atoms with Gasteiger partial charge in [-0.3, -0.25) is 4.79 Å². The molecule has 0 bridgehead atoms. The maximum absolute atomic E-state index is 14.3. The van der Waals surface area contributed by atoms with Crippen molar-refractivity contribution in [2.24, 2.45) is 5.92 Å². The Morgan fingerprint density at radius 3 is 2.97 bits per heavy atom. The Labute approximate surface area is 188 Å². The van der Waals surface area contributed by atoms with Crippen molar-refractivity contribution in [2.75, 3.05) is 5.32 Å². The Morgan fingerprint density at radius 1 is 1.39 bits per heavy atom. The third-order valence-electron chi connectivity index (χ3n) is 5.59. The van der Waals surface area contributed by atoms with E-state index in [1.54, 1.807) is 12.3 Å². The van der Waals surface area contributed by atoms with Gasteiger partial charge in [0.05, 0.1) is 17.7 Å². The number of rotatable bonds is 7. The van der Waals surface area contributed by atoms with Crippen LogP contribution >= 0.6 is 15.9 Å². The van der Waals surface area contributed by atoms with Gasteiger partial charge in [0.25, 0.3) is 0 Å². The highest BCUT2D eigenvalue weighted by atomic mass is 79.9. The van der Waals surface area contributed by atoms with E-state index in [2.05, 4.69) is 50.3 Å². The van der Waals surface area contributed by atoms with E-state index < -0.39 is 24.2 Å². The second-order valence-corrected chi connectivity index (χ2v) is 8.73. The highest BCUT2D eigenvalue weighted by Gasteiger charge is 2.41. The quantitative estimate of drug-likeness (QED) is 0.496. The summed E-state index contributed by atoms with van der Waals surface area (Å²) in [5.41, 5.74) is 1.97. The lowest BCUT2D eigenvalue weighted by Gasteiger charge is -2.18. The molecular weight excluding hydrogens is 463 g/mol. The van der Waals surface area contributed by atoms with Gasteiger partial charge >= 0.3 is 0 Å². The Balaban J connectivity index is 1.46. The minimum atomic E-state index is -1.47. The predicted octanol–water partition coefficient (Wildman–Crippen LogP) is 3.85. The molecule has 2 heterocycles. The Morgan fingerprint density at radius 2 is 2.23 bits per heavy atom. The summed E-state index contributed by atoms with van der Waals surface area (Å²) in [6.45, 7) is 4.51. The lowest BCUT2D eigenvalue weighted by atomic mass is 10.1. The van der Waals surface area contributed by atoms with E-state index >= 15 is 0 Å². The van der Waals surface area contributed by atoms with Crippen molar-refractivity contribution in [1.82, 2.24) is 14.5 Å². The number of aromatic nitrogens is 3. The number of carbonyl (C=O) groups excluding carboxylic acids is 1. The largest absolute Gasteiger partial charge is 0.390 e. The Kier molecular flexibility index (Phi) is 6.48. The van der Waals surface area contributed by atoms with Crippen LogP contribution in [0.25, 0.3) is 0 Å². The van der Waals surface area contributed by atoms with E-state index in [1.165, 1.54) is 18.1 Å². The summed E-state index contributed by atoms with van der Waals surface area (Å²) in [4.78, 5) is 21.2. The van der Waals surface area contributed by atoms with Crippen LogP contribution in [-0.2, 0) is 13.0 Å². The lowest BCUT2D eigenvalue weighted by Crippen LogP contribution is -2.32. The van der Waals surface area contributed by atoms with Gasteiger partial charge in [-0.25, -0.2) is 14.4 Å². The second kappa shape index (κ2) is 9.28. The number of aliphatic hydroxyl groups excluding tert-OH is 1. The maximum atomic E-state index is 14.3. The van der Waals surface area contributed by atoms with Crippen LogP contribution in [0.4, 0.5) is 10.2 Å². The number of nitrogens with one attached hydrogen (secondary N) is 1. The molecule has 6 nitrogen and oxygen atoms in total. The summed E-state index contributed by atoms with van der Waals surface area (Å²) in [7, 11) is 0. The predicted molar refractivity (Wildman–Crippen MR) is 120 cm³/mol. The zero-order chi connectivity index (χ0) is 22.0. The summed E-state index contributed by atoms with van der Waals surface area (Å²) in [6, 6.07) is 9.21. The number of halogens is 2. The molecule has 2 N–H and O–H groups in total. The van der Waals surface area contributed by atoms with Crippen LogP contribution in [-0.4, -0.2) is 43.7 Å². The van der Waals surface area contributed by atoms with Crippen LogP contribution < -0.4 is 5.32 Å². The first-order valence-corrected chi connectivity index (χ1v) is 10.9. The molecule has 2 aromatic heterocycles. The van der Waals surface area contributed by atoms with Crippen molar-refractivity contribution in [3.05, 3.63) is 83.3 Å². The van der Waals surface area contributed by atoms with Gasteiger partial charge in [0.2, 0.25) is 0 Å². The fraction of sp³-hybridized carbons (Fsp3) is 0.304. The number of benzene rings is 1. The molecular formula is C23H23BrFN4O2. The van der Waals surface area contributed by atoms with E-state index in [-0.39, 0.29) is 17.2 Å². The molecule has 4 rings (SSSR count). The first kappa shape index (κ1) is 21.6. The van der Waals surface area contributed by atoms with Gasteiger partial charge < -0.3 is 15.0 Å². The Hall–Kier alpha value is -2.58. The maximum Gasteiger partial charge on any atom is 0.199 e. The summed E-state index contributed by atoms with van der Waals surface area (Å²) in [5, 5.41) is 12.8. The average Bonchev–Trinajstić information content (AvgIpc) is 3.33. The molecule has 8 heteroatoms. The Bertz CT molecular complexity index is 1070. The van der Waals surface area contributed by atoms with Crippen LogP contribution in [0.3, 0.4) is 0 Å². The van der Waals surface area contributed by atoms with Crippen molar-refractivity contribution in [1.29, 1.82) is 0 Å². The van der Waals surface area contributed by atoms with Crippen molar-refractivity contribution < 1.29 is 14.3 Å². The molecule has 0 amide bonds. The summed E-state index contributed by atoms with van der Waals surface area (Å²) in [5.74, 6) is -0.395. The number of nitrogens with zero attached hydrogens (tertiary/aromatic N) is 3. The summed E-state index contributed by atoms with van der Waals surface area (Å²) < 4.78 is 17.3. The number of aryl methyl sites for hydroxylation is 2. The van der Waals surface area contributed by atoms with Gasteiger partial charge in [0.15, 0.2) is 5.78 Å². The SMILES string of the molecule is [CH2][C@@H]1C[C@@H](Nc2ncncc2C(=O)c2ccn(CCc3cccc(Br)c3)c2)[C@@H](F)[C@@H]1O. The molecule has 1 radical (unpaired) electrons. The molecule has 1 fully saturated rings. The van der Waals surface area contributed by atoms with Crippen LogP contribution in [0.2, 0.25) is 0 Å². The number of carbonyl (C=O) groups is 1. The molecule has 1 saturated carbocycles. The smallest absolute Gasteiger partial charge is 0.199 e. The molecule has 3 aromatic rings. The third kappa shape index (κ3) is 4.85. The molecule has 0 unspecified atom stereocenters. The minimum absolute atomic E-state index is 0.246. The van der Waals surface area contributed by atoms with Crippen molar-refractivity contribution in [3.8, 4) is 0 Å². The highest BCUT2D eigenvalue weighted by Crippen LogP contribution is 2.31. The normalized spacial score (nSPS) is 23.1. The van der Waals surface area contributed by atoms with Crippen molar-refractivity contribution in [3.63, 3.8) is 0 Å². The van der Waals surface area contributed by atoms with Crippen LogP contribution in [0.1, 0.15) is 27.9 Å². The minimum Gasteiger partial charge on any atom is -0.390 e. The number of alkyl halides is 1. The van der Waals surface area contributed by atoms with Gasteiger partial charge in [0, 0.05) is 35.2 Å². The van der Waals surface area contributed by atoms with Gasteiger partial charge in [-0.15, -0.1) is 0 Å². The number of aliphatic hydroxyl groups is 1. The topological polar surface area (TPSA) is 80.0 Å². The molecule has 1 aromatic carbocycles. The van der Waals surface area contributed by atoms with Crippen molar-refractivity contribution >= 4 is 27.5 Å². The van der Waals surface area contributed by atoms with Crippen LogP contribution in [0, 0.1) is 12.8 Å². The molecule has 1 aliphatic rings. The molecule has 0 aliphatic heterocycles. The van der Waals surface area contributed by atoms with Gasteiger partial charge in [-0.1, -0.05) is 28.1 Å². The average molecular weight is 486 g/mol. The van der Waals surface area contributed by atoms with Gasteiger partial charge in [-0.05, 0) is 49.4 Å². The van der Waals surface area contributed by atoms with Crippen LogP contribution in [0.15, 0.2) is 59.7 Å². The zero-order valence-electron chi connectivity index (χ0n) is 16.8. The molecule has 1 aliphatic carbocycles. The standard InChI is InChI=1S/C23H23BrFN4O2/c1-14-9-19(20(25)21(14)30)28-23-18(11-26-13-27-23)22(31)16-6-8-29(12-16)7-5-15-3-2-4-17(24)10-15/h2-4,6,8,10-14,19-21,30H,1,5,7,9H2,(H,26,27,28)/t14-,19-,20-,21-/m1/s1. The van der Waals surface area contributed by atoms with E-state index in [9.17, 15) is 14.3 Å². The highest BCUT2D eigenvalue weighted by molar-refractivity contribution is 9.10. The fourth-order valence-electron chi connectivity index (χ4n) is 3.84.